The molecular weight excluding hydrogens is 278 g/mol. The second kappa shape index (κ2) is 6.84. The number of para-hydroxylation sites is 1. The van der Waals surface area contributed by atoms with E-state index in [9.17, 15) is 0 Å². The van der Waals surface area contributed by atoms with E-state index in [0.717, 1.165) is 11.7 Å². The van der Waals surface area contributed by atoms with Crippen LogP contribution in [0.3, 0.4) is 0 Å². The monoisotopic (exact) mass is 303 g/mol. The molecule has 0 aliphatic heterocycles. The molecule has 0 radical (unpaired) electrons. The van der Waals surface area contributed by atoms with E-state index in [1.54, 1.807) is 0 Å². The molecule has 2 aromatic rings. The molecule has 21 heavy (non-hydrogen) atoms. The van der Waals surface area contributed by atoms with Gasteiger partial charge in [-0.05, 0) is 26.0 Å². The van der Waals surface area contributed by atoms with E-state index in [4.69, 9.17) is 5.10 Å². The van der Waals surface area contributed by atoms with Gasteiger partial charge in [-0.25, -0.2) is 0 Å². The van der Waals surface area contributed by atoms with Crippen LogP contribution in [0, 0.1) is 0 Å². The summed E-state index contributed by atoms with van der Waals surface area (Å²) in [5.74, 6) is 1.19. The highest BCUT2D eigenvalue weighted by atomic mass is 32.2. The molecule has 3 rings (SSSR count). The van der Waals surface area contributed by atoms with Crippen molar-refractivity contribution in [1.29, 1.82) is 0 Å². The summed E-state index contributed by atoms with van der Waals surface area (Å²) in [5.41, 5.74) is 2.45. The Labute approximate surface area is 131 Å². The zero-order chi connectivity index (χ0) is 14.7. The van der Waals surface area contributed by atoms with Gasteiger partial charge in [-0.1, -0.05) is 31.0 Å². The number of likely N-dealkylation sites (N-methyl/N-ethyl adjacent to an activating group) is 1. The van der Waals surface area contributed by atoms with E-state index in [1.165, 1.54) is 48.0 Å². The van der Waals surface area contributed by atoms with Gasteiger partial charge in [-0.3, -0.25) is 4.68 Å². The van der Waals surface area contributed by atoms with E-state index in [0.29, 0.717) is 6.04 Å². The summed E-state index contributed by atoms with van der Waals surface area (Å²) in [7, 11) is 4.11. The van der Waals surface area contributed by atoms with Crippen molar-refractivity contribution in [3.63, 3.8) is 0 Å². The summed E-state index contributed by atoms with van der Waals surface area (Å²) in [6.45, 7) is 0. The lowest BCUT2D eigenvalue weighted by Gasteiger charge is -2.17. The van der Waals surface area contributed by atoms with Gasteiger partial charge in [0.1, 0.15) is 0 Å². The first-order valence-electron chi connectivity index (χ1n) is 7.97. The zero-order valence-electron chi connectivity index (χ0n) is 13.0. The highest BCUT2D eigenvalue weighted by Gasteiger charge is 2.19. The molecule has 4 heteroatoms. The molecule has 1 atom stereocenters. The number of rotatable bonds is 6. The lowest BCUT2D eigenvalue weighted by atomic mass is 10.1. The predicted octanol–water partition coefficient (Wildman–Crippen LogP) is 3.38. The predicted molar refractivity (Wildman–Crippen MR) is 92.0 cm³/mol. The lowest BCUT2D eigenvalue weighted by molar-refractivity contribution is 0.601. The largest absolute Gasteiger partial charge is 0.316 e. The zero-order valence-corrected chi connectivity index (χ0v) is 13.8. The quantitative estimate of drug-likeness (QED) is 0.887. The van der Waals surface area contributed by atoms with Gasteiger partial charge >= 0.3 is 0 Å². The third-order valence-corrected chi connectivity index (χ3v) is 6.06. The van der Waals surface area contributed by atoms with E-state index in [2.05, 4.69) is 48.4 Å². The molecule has 0 saturated heterocycles. The van der Waals surface area contributed by atoms with Crippen molar-refractivity contribution in [3.05, 3.63) is 30.0 Å². The molecule has 3 nitrogen and oxygen atoms in total. The number of fused-ring (bicyclic) bond motifs is 1. The summed E-state index contributed by atoms with van der Waals surface area (Å²) in [6.07, 6.45) is 6.68. The van der Waals surface area contributed by atoms with Gasteiger partial charge in [-0.15, -0.1) is 0 Å². The third-order valence-electron chi connectivity index (χ3n) is 4.52. The number of benzene rings is 1. The minimum atomic E-state index is 0.508. The molecule has 1 unspecified atom stereocenters. The van der Waals surface area contributed by atoms with Crippen LogP contribution in [0.2, 0.25) is 0 Å². The Morgan fingerprint density at radius 3 is 2.86 bits per heavy atom. The van der Waals surface area contributed by atoms with E-state index in [1.807, 2.05) is 11.7 Å². The molecule has 114 valence electrons. The highest BCUT2D eigenvalue weighted by molar-refractivity contribution is 7.99. The molecule has 1 aliphatic carbocycles. The van der Waals surface area contributed by atoms with Gasteiger partial charge in [0.25, 0.3) is 0 Å². The molecule has 1 aromatic carbocycles. The van der Waals surface area contributed by atoms with Crippen LogP contribution in [0.5, 0.6) is 0 Å². The minimum absolute atomic E-state index is 0.508. The molecule has 0 spiro atoms. The second-order valence-electron chi connectivity index (χ2n) is 6.02. The van der Waals surface area contributed by atoms with Crippen molar-refractivity contribution in [2.75, 3.05) is 12.8 Å². The average molecular weight is 303 g/mol. The highest BCUT2D eigenvalue weighted by Crippen LogP contribution is 2.30. The fraction of sp³-hybridized carbons (Fsp3) is 0.588. The maximum atomic E-state index is 4.72. The number of hydrogen-bond acceptors (Lipinski definition) is 3. The second-order valence-corrected chi connectivity index (χ2v) is 7.35. The Kier molecular flexibility index (Phi) is 4.86. The average Bonchev–Trinajstić information content (AvgIpc) is 3.13. The first-order valence-corrected chi connectivity index (χ1v) is 9.02. The van der Waals surface area contributed by atoms with Crippen molar-refractivity contribution >= 4 is 22.7 Å². The van der Waals surface area contributed by atoms with Gasteiger partial charge in [0, 0.05) is 35.9 Å². The number of aryl methyl sites for hydroxylation is 1. The van der Waals surface area contributed by atoms with E-state index in [-0.39, 0.29) is 0 Å². The molecule has 0 amide bonds. The number of thioether (sulfide) groups is 1. The topological polar surface area (TPSA) is 29.9 Å². The Bertz CT molecular complexity index is 587. The van der Waals surface area contributed by atoms with Crippen molar-refractivity contribution < 1.29 is 0 Å². The van der Waals surface area contributed by atoms with Gasteiger partial charge in [-0.2, -0.15) is 16.9 Å². The number of aromatic nitrogens is 2. The van der Waals surface area contributed by atoms with Crippen LogP contribution in [0.1, 0.15) is 31.4 Å². The third kappa shape index (κ3) is 3.43. The van der Waals surface area contributed by atoms with Crippen molar-refractivity contribution in [2.24, 2.45) is 7.05 Å². The summed E-state index contributed by atoms with van der Waals surface area (Å²) in [4.78, 5) is 0. The summed E-state index contributed by atoms with van der Waals surface area (Å²) in [6, 6.07) is 9.03. The molecule has 1 aliphatic rings. The van der Waals surface area contributed by atoms with Crippen molar-refractivity contribution in [3.8, 4) is 0 Å². The van der Waals surface area contributed by atoms with Crippen LogP contribution in [0.4, 0.5) is 0 Å². The maximum Gasteiger partial charge on any atom is 0.0719 e. The number of nitrogens with one attached hydrogen (secondary N) is 1. The fourth-order valence-corrected chi connectivity index (χ4v) is 4.68. The molecule has 1 fully saturated rings. The smallest absolute Gasteiger partial charge is 0.0719 e. The first kappa shape index (κ1) is 14.9. The first-order chi connectivity index (χ1) is 10.3. The van der Waals surface area contributed by atoms with E-state index < -0.39 is 0 Å². The summed E-state index contributed by atoms with van der Waals surface area (Å²) < 4.78 is 2.00. The SMILES string of the molecule is CNC(CSC1CCCC1)Cc1nn(C)c2ccccc12. The minimum Gasteiger partial charge on any atom is -0.316 e. The number of nitrogens with zero attached hydrogens (tertiary/aromatic N) is 2. The van der Waals surface area contributed by atoms with Crippen LogP contribution < -0.4 is 5.32 Å². The molecule has 1 aromatic heterocycles. The molecular formula is C17H25N3S. The molecule has 1 saturated carbocycles. The van der Waals surface area contributed by atoms with Gasteiger partial charge < -0.3 is 5.32 Å². The standard InChI is InChI=1S/C17H25N3S/c1-18-13(12-21-14-7-3-4-8-14)11-16-15-9-5-6-10-17(15)20(2)19-16/h5-6,9-10,13-14,18H,3-4,7-8,11-12H2,1-2H3. The van der Waals surface area contributed by atoms with Crippen LogP contribution in [0.25, 0.3) is 10.9 Å². The van der Waals surface area contributed by atoms with E-state index >= 15 is 0 Å². The van der Waals surface area contributed by atoms with Crippen molar-refractivity contribution in [2.45, 2.75) is 43.4 Å². The van der Waals surface area contributed by atoms with Crippen LogP contribution in [-0.2, 0) is 13.5 Å². The summed E-state index contributed by atoms with van der Waals surface area (Å²) in [5, 5.41) is 10.4. The molecule has 1 heterocycles. The fourth-order valence-electron chi connectivity index (χ4n) is 3.22. The lowest BCUT2D eigenvalue weighted by Crippen LogP contribution is -2.31. The molecule has 1 N–H and O–H groups in total. The van der Waals surface area contributed by atoms with Crippen LogP contribution >= 0.6 is 11.8 Å². The van der Waals surface area contributed by atoms with Crippen LogP contribution in [0.15, 0.2) is 24.3 Å². The Balaban J connectivity index is 1.67. The van der Waals surface area contributed by atoms with Gasteiger partial charge in [0.2, 0.25) is 0 Å². The van der Waals surface area contributed by atoms with Crippen LogP contribution in [-0.4, -0.2) is 33.9 Å². The molecule has 0 bridgehead atoms. The van der Waals surface area contributed by atoms with Gasteiger partial charge in [0.15, 0.2) is 0 Å². The normalized spacial score (nSPS) is 17.6. The Morgan fingerprint density at radius 1 is 1.33 bits per heavy atom. The van der Waals surface area contributed by atoms with Gasteiger partial charge in [0.05, 0.1) is 11.2 Å². The maximum absolute atomic E-state index is 4.72. The van der Waals surface area contributed by atoms with Crippen molar-refractivity contribution in [1.82, 2.24) is 15.1 Å². The summed E-state index contributed by atoms with van der Waals surface area (Å²) >= 11 is 2.15. The Hall–Kier alpha value is -1.00. The number of hydrogen-bond donors (Lipinski definition) is 1. The Morgan fingerprint density at radius 2 is 2.10 bits per heavy atom.